The van der Waals surface area contributed by atoms with Crippen molar-refractivity contribution in [3.8, 4) is 0 Å². The molecule has 0 radical (unpaired) electrons. The average Bonchev–Trinajstić information content (AvgIpc) is 2.36. The van der Waals surface area contributed by atoms with E-state index in [2.05, 4.69) is 10.6 Å². The summed E-state index contributed by atoms with van der Waals surface area (Å²) >= 11 is 0. The van der Waals surface area contributed by atoms with Crippen LogP contribution in [0.15, 0.2) is 24.3 Å². The number of nitrogens with one attached hydrogen (secondary N) is 2. The molecule has 0 fully saturated rings. The monoisotopic (exact) mass is 278 g/mol. The smallest absolute Gasteiger partial charge is 0.251 e. The number of rotatable bonds is 6. The van der Waals surface area contributed by atoms with Crippen LogP contribution in [0.5, 0.6) is 0 Å². The van der Waals surface area contributed by atoms with Crippen LogP contribution in [0.3, 0.4) is 0 Å². The Labute approximate surface area is 119 Å². The first kappa shape index (κ1) is 16.2. The van der Waals surface area contributed by atoms with Gasteiger partial charge in [-0.25, -0.2) is 0 Å². The van der Waals surface area contributed by atoms with Gasteiger partial charge in [-0.05, 0) is 36.1 Å². The lowest BCUT2D eigenvalue weighted by Gasteiger charge is -2.23. The van der Waals surface area contributed by atoms with Gasteiger partial charge in [0, 0.05) is 31.3 Å². The van der Waals surface area contributed by atoms with Crippen molar-refractivity contribution < 1.29 is 14.7 Å². The fourth-order valence-electron chi connectivity index (χ4n) is 1.72. The summed E-state index contributed by atoms with van der Waals surface area (Å²) in [7, 11) is 0. The van der Waals surface area contributed by atoms with Crippen molar-refractivity contribution in [1.29, 1.82) is 0 Å². The number of carbonyl (C=O) groups is 2. The second-order valence-corrected chi connectivity index (χ2v) is 5.58. The maximum absolute atomic E-state index is 12.0. The molecular weight excluding hydrogens is 256 g/mol. The van der Waals surface area contributed by atoms with Crippen molar-refractivity contribution in [2.45, 2.75) is 27.2 Å². The standard InChI is InChI=1S/C15H22N2O3/c1-11(19)17-13-6-4-12(5-7-13)14(20)16-10-15(2,3)8-9-18/h4-7,18H,8-10H2,1-3H3,(H,16,20)(H,17,19). The number of hydrogen-bond donors (Lipinski definition) is 3. The van der Waals surface area contributed by atoms with E-state index < -0.39 is 0 Å². The summed E-state index contributed by atoms with van der Waals surface area (Å²) in [6.45, 7) is 6.02. The van der Waals surface area contributed by atoms with Crippen molar-refractivity contribution in [1.82, 2.24) is 5.32 Å². The predicted molar refractivity (Wildman–Crippen MR) is 78.6 cm³/mol. The molecule has 0 bridgehead atoms. The molecule has 1 aromatic rings. The highest BCUT2D eigenvalue weighted by atomic mass is 16.3. The SMILES string of the molecule is CC(=O)Nc1ccc(C(=O)NCC(C)(C)CCO)cc1. The quantitative estimate of drug-likeness (QED) is 0.742. The van der Waals surface area contributed by atoms with E-state index in [9.17, 15) is 9.59 Å². The van der Waals surface area contributed by atoms with Crippen LogP contribution in [0.4, 0.5) is 5.69 Å². The van der Waals surface area contributed by atoms with E-state index in [-0.39, 0.29) is 23.8 Å². The largest absolute Gasteiger partial charge is 0.396 e. The average molecular weight is 278 g/mol. The Hall–Kier alpha value is -1.88. The Balaban J connectivity index is 2.57. The zero-order chi connectivity index (χ0) is 15.2. The van der Waals surface area contributed by atoms with Crippen LogP contribution in [-0.2, 0) is 4.79 Å². The van der Waals surface area contributed by atoms with Crippen molar-refractivity contribution >= 4 is 17.5 Å². The molecular formula is C15H22N2O3. The highest BCUT2D eigenvalue weighted by Gasteiger charge is 2.18. The Bertz CT molecular complexity index is 467. The zero-order valence-electron chi connectivity index (χ0n) is 12.2. The number of aliphatic hydroxyl groups is 1. The Morgan fingerprint density at radius 2 is 1.80 bits per heavy atom. The molecule has 3 N–H and O–H groups in total. The number of aliphatic hydroxyl groups excluding tert-OH is 1. The molecule has 0 unspecified atom stereocenters. The molecule has 20 heavy (non-hydrogen) atoms. The second kappa shape index (κ2) is 7.05. The van der Waals surface area contributed by atoms with E-state index in [0.717, 1.165) is 0 Å². The lowest BCUT2D eigenvalue weighted by atomic mass is 9.89. The van der Waals surface area contributed by atoms with Crippen LogP contribution < -0.4 is 10.6 Å². The van der Waals surface area contributed by atoms with Crippen LogP contribution in [0.25, 0.3) is 0 Å². The molecule has 0 heterocycles. The summed E-state index contributed by atoms with van der Waals surface area (Å²) in [5, 5.41) is 14.4. The van der Waals surface area contributed by atoms with Gasteiger partial charge >= 0.3 is 0 Å². The minimum atomic E-state index is -0.162. The highest BCUT2D eigenvalue weighted by Crippen LogP contribution is 2.18. The third-order valence-corrected chi connectivity index (χ3v) is 2.98. The van der Waals surface area contributed by atoms with E-state index in [4.69, 9.17) is 5.11 Å². The first-order valence-electron chi connectivity index (χ1n) is 6.61. The van der Waals surface area contributed by atoms with E-state index in [1.165, 1.54) is 6.92 Å². The summed E-state index contributed by atoms with van der Waals surface area (Å²) in [5.41, 5.74) is 1.06. The third kappa shape index (κ3) is 5.40. The number of hydrogen-bond acceptors (Lipinski definition) is 3. The van der Waals surface area contributed by atoms with Crippen molar-refractivity contribution in [3.05, 3.63) is 29.8 Å². The van der Waals surface area contributed by atoms with Gasteiger partial charge in [0.2, 0.25) is 5.91 Å². The third-order valence-electron chi connectivity index (χ3n) is 2.98. The van der Waals surface area contributed by atoms with E-state index >= 15 is 0 Å². The predicted octanol–water partition coefficient (Wildman–Crippen LogP) is 1.78. The molecule has 1 aromatic carbocycles. The first-order chi connectivity index (χ1) is 9.34. The van der Waals surface area contributed by atoms with E-state index in [0.29, 0.717) is 24.2 Å². The lowest BCUT2D eigenvalue weighted by Crippen LogP contribution is -2.34. The van der Waals surface area contributed by atoms with Crippen LogP contribution >= 0.6 is 0 Å². The summed E-state index contributed by atoms with van der Waals surface area (Å²) in [6.07, 6.45) is 0.634. The van der Waals surface area contributed by atoms with Gasteiger partial charge in [-0.2, -0.15) is 0 Å². The molecule has 0 aliphatic carbocycles. The van der Waals surface area contributed by atoms with Crippen molar-refractivity contribution in [3.63, 3.8) is 0 Å². The van der Waals surface area contributed by atoms with Crippen molar-refractivity contribution in [2.75, 3.05) is 18.5 Å². The molecule has 110 valence electrons. The van der Waals surface area contributed by atoms with E-state index in [1.807, 2.05) is 13.8 Å². The normalized spacial score (nSPS) is 11.0. The number of benzene rings is 1. The molecule has 5 nitrogen and oxygen atoms in total. The molecule has 0 aliphatic rings. The topological polar surface area (TPSA) is 78.4 Å². The maximum Gasteiger partial charge on any atom is 0.251 e. The molecule has 0 spiro atoms. The zero-order valence-corrected chi connectivity index (χ0v) is 12.2. The highest BCUT2D eigenvalue weighted by molar-refractivity contribution is 5.95. The maximum atomic E-state index is 12.0. The van der Waals surface area contributed by atoms with Gasteiger partial charge in [0.15, 0.2) is 0 Å². The summed E-state index contributed by atoms with van der Waals surface area (Å²) < 4.78 is 0. The molecule has 5 heteroatoms. The van der Waals surface area contributed by atoms with Gasteiger partial charge in [0.25, 0.3) is 5.91 Å². The summed E-state index contributed by atoms with van der Waals surface area (Å²) in [4.78, 5) is 22.9. The fourth-order valence-corrected chi connectivity index (χ4v) is 1.72. The molecule has 1 rings (SSSR count). The second-order valence-electron chi connectivity index (χ2n) is 5.58. The molecule has 2 amide bonds. The fraction of sp³-hybridized carbons (Fsp3) is 0.467. The minimum Gasteiger partial charge on any atom is -0.396 e. The molecule has 0 saturated carbocycles. The van der Waals surface area contributed by atoms with Gasteiger partial charge in [-0.3, -0.25) is 9.59 Å². The number of anilines is 1. The van der Waals surface area contributed by atoms with Crippen LogP contribution in [0.2, 0.25) is 0 Å². The van der Waals surface area contributed by atoms with Gasteiger partial charge in [0.05, 0.1) is 0 Å². The van der Waals surface area contributed by atoms with E-state index in [1.54, 1.807) is 24.3 Å². The lowest BCUT2D eigenvalue weighted by molar-refractivity contribution is -0.114. The number of carbonyl (C=O) groups excluding carboxylic acids is 2. The summed E-state index contributed by atoms with van der Waals surface area (Å²) in [5.74, 6) is -0.307. The van der Waals surface area contributed by atoms with Gasteiger partial charge in [-0.1, -0.05) is 13.8 Å². The number of amides is 2. The molecule has 0 aromatic heterocycles. The van der Waals surface area contributed by atoms with Crippen LogP contribution in [-0.4, -0.2) is 30.1 Å². The molecule has 0 atom stereocenters. The Kier molecular flexibility index (Phi) is 5.70. The minimum absolute atomic E-state index is 0.105. The van der Waals surface area contributed by atoms with Crippen molar-refractivity contribution in [2.24, 2.45) is 5.41 Å². The molecule has 0 saturated heterocycles. The Morgan fingerprint density at radius 3 is 2.30 bits per heavy atom. The van der Waals surface area contributed by atoms with Crippen LogP contribution in [0, 0.1) is 5.41 Å². The summed E-state index contributed by atoms with van der Waals surface area (Å²) in [6, 6.07) is 6.71. The van der Waals surface area contributed by atoms with Gasteiger partial charge in [-0.15, -0.1) is 0 Å². The molecule has 0 aliphatic heterocycles. The first-order valence-corrected chi connectivity index (χ1v) is 6.61. The van der Waals surface area contributed by atoms with Gasteiger partial charge < -0.3 is 15.7 Å². The Morgan fingerprint density at radius 1 is 1.20 bits per heavy atom. The van der Waals surface area contributed by atoms with Crippen LogP contribution in [0.1, 0.15) is 37.6 Å². The van der Waals surface area contributed by atoms with Gasteiger partial charge in [0.1, 0.15) is 0 Å².